The number of benzene rings is 1. The Morgan fingerprint density at radius 2 is 2.20 bits per heavy atom. The zero-order valence-electron chi connectivity index (χ0n) is 11.4. The van der Waals surface area contributed by atoms with Gasteiger partial charge in [0.1, 0.15) is 0 Å². The van der Waals surface area contributed by atoms with E-state index in [9.17, 15) is 20.0 Å². The lowest BCUT2D eigenvalue weighted by atomic mass is 10.1. The maximum absolute atomic E-state index is 11.4. The lowest BCUT2D eigenvalue weighted by Crippen LogP contribution is -2.28. The van der Waals surface area contributed by atoms with Gasteiger partial charge in [-0.3, -0.25) is 10.1 Å². The van der Waals surface area contributed by atoms with Gasteiger partial charge in [-0.25, -0.2) is 4.79 Å². The highest BCUT2D eigenvalue weighted by Crippen LogP contribution is 2.35. The molecule has 1 saturated carbocycles. The summed E-state index contributed by atoms with van der Waals surface area (Å²) in [7, 11) is 0. The second-order valence-electron chi connectivity index (χ2n) is 5.04. The van der Waals surface area contributed by atoms with Crippen molar-refractivity contribution in [3.63, 3.8) is 0 Å². The number of unbranched alkanes of at least 4 members (excludes halogenated alkanes) is 1. The zero-order valence-corrected chi connectivity index (χ0v) is 11.4. The molecule has 0 aromatic heterocycles. The summed E-state index contributed by atoms with van der Waals surface area (Å²) in [5, 5.41) is 20.1. The fourth-order valence-electron chi connectivity index (χ4n) is 2.27. The van der Waals surface area contributed by atoms with Crippen LogP contribution < -0.4 is 4.90 Å². The van der Waals surface area contributed by atoms with E-state index in [1.165, 1.54) is 6.07 Å². The van der Waals surface area contributed by atoms with Crippen LogP contribution in [0.1, 0.15) is 43.0 Å². The topological polar surface area (TPSA) is 83.7 Å². The summed E-state index contributed by atoms with van der Waals surface area (Å²) in [6.07, 6.45) is 4.12. The number of hydrogen-bond donors (Lipinski definition) is 1. The van der Waals surface area contributed by atoms with Crippen LogP contribution in [0.4, 0.5) is 11.4 Å². The highest BCUT2D eigenvalue weighted by atomic mass is 16.6. The molecule has 0 saturated heterocycles. The van der Waals surface area contributed by atoms with Gasteiger partial charge < -0.3 is 10.0 Å². The molecule has 20 heavy (non-hydrogen) atoms. The number of carboxylic acid groups (broad SMARTS) is 1. The van der Waals surface area contributed by atoms with E-state index < -0.39 is 10.9 Å². The Hall–Kier alpha value is -2.11. The first-order valence-corrected chi connectivity index (χ1v) is 6.83. The Labute approximate surface area is 117 Å². The molecule has 108 valence electrons. The molecular weight excluding hydrogens is 260 g/mol. The molecule has 0 bridgehead atoms. The zero-order chi connectivity index (χ0) is 14.7. The van der Waals surface area contributed by atoms with Crippen molar-refractivity contribution in [2.75, 3.05) is 11.4 Å². The van der Waals surface area contributed by atoms with E-state index in [1.54, 1.807) is 6.07 Å². The number of nitro benzene ring substituents is 1. The van der Waals surface area contributed by atoms with Crippen LogP contribution in [-0.4, -0.2) is 28.6 Å². The van der Waals surface area contributed by atoms with Crippen molar-refractivity contribution in [2.45, 2.75) is 38.6 Å². The predicted molar refractivity (Wildman–Crippen MR) is 75.3 cm³/mol. The molecule has 1 N–H and O–H groups in total. The normalized spacial score (nSPS) is 14.1. The summed E-state index contributed by atoms with van der Waals surface area (Å²) in [5.41, 5.74) is 0.429. The summed E-state index contributed by atoms with van der Waals surface area (Å²) in [5.74, 6) is -1.12. The number of carboxylic acids is 1. The summed E-state index contributed by atoms with van der Waals surface area (Å²) in [4.78, 5) is 23.7. The number of nitro groups is 1. The van der Waals surface area contributed by atoms with E-state index in [0.29, 0.717) is 11.7 Å². The van der Waals surface area contributed by atoms with Gasteiger partial charge in [0.15, 0.2) is 0 Å². The van der Waals surface area contributed by atoms with Crippen molar-refractivity contribution in [3.8, 4) is 0 Å². The van der Waals surface area contributed by atoms with Crippen molar-refractivity contribution in [1.29, 1.82) is 0 Å². The summed E-state index contributed by atoms with van der Waals surface area (Å²) >= 11 is 0. The number of nitrogens with zero attached hydrogens (tertiary/aromatic N) is 2. The van der Waals surface area contributed by atoms with Crippen LogP contribution >= 0.6 is 0 Å². The van der Waals surface area contributed by atoms with Gasteiger partial charge in [-0.1, -0.05) is 13.3 Å². The Kier molecular flexibility index (Phi) is 4.22. The SMILES string of the molecule is CCCCN(c1ccc([N+](=O)[O-])cc1C(=O)O)C1CC1. The van der Waals surface area contributed by atoms with E-state index in [4.69, 9.17) is 0 Å². The molecule has 1 aliphatic rings. The maximum Gasteiger partial charge on any atom is 0.338 e. The molecule has 1 fully saturated rings. The number of anilines is 1. The fraction of sp³-hybridized carbons (Fsp3) is 0.500. The standard InChI is InChI=1S/C14H18N2O4/c1-2-3-8-15(10-4-5-10)13-7-6-11(16(19)20)9-12(13)14(17)18/h6-7,9-10H,2-5,8H2,1H3,(H,17,18). The van der Waals surface area contributed by atoms with E-state index in [-0.39, 0.29) is 11.3 Å². The number of aromatic carboxylic acids is 1. The summed E-state index contributed by atoms with van der Waals surface area (Å²) in [6.45, 7) is 2.87. The molecule has 6 heteroatoms. The molecule has 0 unspecified atom stereocenters. The van der Waals surface area contributed by atoms with Gasteiger partial charge in [-0.2, -0.15) is 0 Å². The van der Waals surface area contributed by atoms with Gasteiger partial charge >= 0.3 is 5.97 Å². The molecule has 0 aliphatic heterocycles. The Morgan fingerprint density at radius 3 is 2.70 bits per heavy atom. The molecule has 1 aliphatic carbocycles. The van der Waals surface area contributed by atoms with Gasteiger partial charge in [0.25, 0.3) is 5.69 Å². The molecule has 1 aromatic carbocycles. The summed E-state index contributed by atoms with van der Waals surface area (Å²) in [6, 6.07) is 4.47. The Morgan fingerprint density at radius 1 is 1.50 bits per heavy atom. The molecule has 0 heterocycles. The third-order valence-corrected chi connectivity index (χ3v) is 3.47. The van der Waals surface area contributed by atoms with Crippen molar-refractivity contribution in [1.82, 2.24) is 0 Å². The Bertz CT molecular complexity index is 526. The lowest BCUT2D eigenvalue weighted by molar-refractivity contribution is -0.384. The van der Waals surface area contributed by atoms with Crippen LogP contribution in [0.2, 0.25) is 0 Å². The van der Waals surface area contributed by atoms with Crippen molar-refractivity contribution in [3.05, 3.63) is 33.9 Å². The number of hydrogen-bond acceptors (Lipinski definition) is 4. The van der Waals surface area contributed by atoms with E-state index >= 15 is 0 Å². The molecule has 0 atom stereocenters. The van der Waals surface area contributed by atoms with Crippen LogP contribution in [0.3, 0.4) is 0 Å². The third kappa shape index (κ3) is 3.07. The van der Waals surface area contributed by atoms with Crippen molar-refractivity contribution in [2.24, 2.45) is 0 Å². The molecule has 2 rings (SSSR count). The van der Waals surface area contributed by atoms with Crippen LogP contribution in [0.25, 0.3) is 0 Å². The quantitative estimate of drug-likeness (QED) is 0.612. The molecule has 0 radical (unpaired) electrons. The van der Waals surface area contributed by atoms with Crippen molar-refractivity contribution < 1.29 is 14.8 Å². The first-order valence-electron chi connectivity index (χ1n) is 6.83. The smallest absolute Gasteiger partial charge is 0.338 e. The van der Waals surface area contributed by atoms with E-state index in [2.05, 4.69) is 11.8 Å². The highest BCUT2D eigenvalue weighted by Gasteiger charge is 2.31. The van der Waals surface area contributed by atoms with Gasteiger partial charge in [0.2, 0.25) is 0 Å². The lowest BCUT2D eigenvalue weighted by Gasteiger charge is -2.26. The molecule has 0 amide bonds. The predicted octanol–water partition coefficient (Wildman–Crippen LogP) is 3.06. The van der Waals surface area contributed by atoms with E-state index in [1.807, 2.05) is 0 Å². The first-order chi connectivity index (χ1) is 9.54. The number of carbonyl (C=O) groups is 1. The van der Waals surface area contributed by atoms with E-state index in [0.717, 1.165) is 38.3 Å². The van der Waals surface area contributed by atoms with Gasteiger partial charge in [-0.05, 0) is 25.3 Å². The van der Waals surface area contributed by atoms with Crippen LogP contribution in [0.15, 0.2) is 18.2 Å². The average molecular weight is 278 g/mol. The van der Waals surface area contributed by atoms with Crippen LogP contribution in [0, 0.1) is 10.1 Å². The number of rotatable bonds is 7. The second-order valence-corrected chi connectivity index (χ2v) is 5.04. The minimum Gasteiger partial charge on any atom is -0.478 e. The largest absolute Gasteiger partial charge is 0.478 e. The summed E-state index contributed by atoms with van der Waals surface area (Å²) < 4.78 is 0. The molecule has 0 spiro atoms. The Balaban J connectivity index is 2.37. The van der Waals surface area contributed by atoms with Crippen molar-refractivity contribution >= 4 is 17.3 Å². The van der Waals surface area contributed by atoms with Gasteiger partial charge in [-0.15, -0.1) is 0 Å². The first kappa shape index (κ1) is 14.3. The monoisotopic (exact) mass is 278 g/mol. The molecule has 6 nitrogen and oxygen atoms in total. The molecule has 1 aromatic rings. The van der Waals surface area contributed by atoms with Crippen LogP contribution in [-0.2, 0) is 0 Å². The fourth-order valence-corrected chi connectivity index (χ4v) is 2.27. The maximum atomic E-state index is 11.4. The van der Waals surface area contributed by atoms with Crippen LogP contribution in [0.5, 0.6) is 0 Å². The highest BCUT2D eigenvalue weighted by molar-refractivity contribution is 5.95. The minimum absolute atomic E-state index is 0.0159. The second kappa shape index (κ2) is 5.90. The molecular formula is C14H18N2O4. The van der Waals surface area contributed by atoms with Gasteiger partial charge in [0, 0.05) is 24.7 Å². The number of non-ortho nitro benzene ring substituents is 1. The van der Waals surface area contributed by atoms with Gasteiger partial charge in [0.05, 0.1) is 16.2 Å². The minimum atomic E-state index is -1.12. The third-order valence-electron chi connectivity index (χ3n) is 3.47. The average Bonchev–Trinajstić information content (AvgIpc) is 3.23.